The zero-order valence-electron chi connectivity index (χ0n) is 11.8. The van der Waals surface area contributed by atoms with E-state index in [2.05, 4.69) is 13.0 Å². The number of ketones is 1. The molecule has 3 nitrogen and oxygen atoms in total. The molecule has 0 aliphatic heterocycles. The maximum atomic E-state index is 12.1. The molecule has 0 saturated carbocycles. The van der Waals surface area contributed by atoms with Crippen molar-refractivity contribution in [2.45, 2.75) is 39.5 Å². The first-order valence-electron chi connectivity index (χ1n) is 6.77. The summed E-state index contributed by atoms with van der Waals surface area (Å²) in [4.78, 5) is 12.1. The first-order valence-corrected chi connectivity index (χ1v) is 6.77. The lowest BCUT2D eigenvalue weighted by Crippen LogP contribution is -2.14. The molecular weight excluding hydrogens is 238 g/mol. The van der Waals surface area contributed by atoms with Crippen molar-refractivity contribution >= 4 is 5.78 Å². The molecule has 0 spiro atoms. The Morgan fingerprint density at radius 2 is 1.95 bits per heavy atom. The van der Waals surface area contributed by atoms with Crippen LogP contribution in [0.1, 0.15) is 45.1 Å². The molecule has 19 heavy (non-hydrogen) atoms. The molecule has 0 aliphatic rings. The van der Waals surface area contributed by atoms with Crippen molar-refractivity contribution in [3.05, 3.63) is 29.8 Å². The van der Waals surface area contributed by atoms with Gasteiger partial charge in [-0.1, -0.05) is 32.4 Å². The van der Waals surface area contributed by atoms with Gasteiger partial charge in [0, 0.05) is 6.42 Å². The van der Waals surface area contributed by atoms with Gasteiger partial charge in [0.2, 0.25) is 0 Å². The van der Waals surface area contributed by atoms with Crippen LogP contribution in [0.4, 0.5) is 0 Å². The molecule has 1 aromatic carbocycles. The molecule has 0 radical (unpaired) electrons. The molecule has 3 heteroatoms. The number of ether oxygens (including phenoxy) is 1. The van der Waals surface area contributed by atoms with Gasteiger partial charge in [0.25, 0.3) is 0 Å². The van der Waals surface area contributed by atoms with E-state index >= 15 is 0 Å². The number of rotatable bonds is 7. The summed E-state index contributed by atoms with van der Waals surface area (Å²) in [5, 5.41) is 9.21. The van der Waals surface area contributed by atoms with Crippen LogP contribution in [-0.4, -0.2) is 12.4 Å². The van der Waals surface area contributed by atoms with E-state index < -0.39 is 5.92 Å². The topological polar surface area (TPSA) is 50.1 Å². The fourth-order valence-electron chi connectivity index (χ4n) is 1.86. The van der Waals surface area contributed by atoms with Gasteiger partial charge in [-0.2, -0.15) is 5.26 Å². The summed E-state index contributed by atoms with van der Waals surface area (Å²) in [6.07, 6.45) is 1.41. The number of nitriles is 1. The molecule has 1 aromatic rings. The zero-order chi connectivity index (χ0) is 14.3. The second kappa shape index (κ2) is 7.58. The third kappa shape index (κ3) is 4.40. The standard InChI is InChI=1S/C16H21NO2/c1-4-12(3)10-16(18)15(11-17)13-6-8-14(9-7-13)19-5-2/h6-9,12,15H,4-5,10H2,1-3H3. The summed E-state index contributed by atoms with van der Waals surface area (Å²) in [6, 6.07) is 9.32. The molecule has 0 N–H and O–H groups in total. The van der Waals surface area contributed by atoms with Crippen LogP contribution in [0.5, 0.6) is 5.75 Å². The molecule has 2 unspecified atom stereocenters. The van der Waals surface area contributed by atoms with Crippen LogP contribution in [0.2, 0.25) is 0 Å². The average molecular weight is 259 g/mol. The van der Waals surface area contributed by atoms with Crippen LogP contribution in [0.3, 0.4) is 0 Å². The van der Waals surface area contributed by atoms with Crippen molar-refractivity contribution in [1.82, 2.24) is 0 Å². The highest BCUT2D eigenvalue weighted by Crippen LogP contribution is 2.23. The summed E-state index contributed by atoms with van der Waals surface area (Å²) in [6.45, 7) is 6.61. The summed E-state index contributed by atoms with van der Waals surface area (Å²) >= 11 is 0. The van der Waals surface area contributed by atoms with Crippen molar-refractivity contribution in [3.63, 3.8) is 0 Å². The summed E-state index contributed by atoms with van der Waals surface area (Å²) in [7, 11) is 0. The molecule has 0 aromatic heterocycles. The molecular formula is C16H21NO2. The Kier molecular flexibility index (Phi) is 6.08. The van der Waals surface area contributed by atoms with Gasteiger partial charge in [-0.25, -0.2) is 0 Å². The minimum absolute atomic E-state index is 0.000935. The Bertz CT molecular complexity index is 445. The van der Waals surface area contributed by atoms with Gasteiger partial charge in [-0.3, -0.25) is 4.79 Å². The maximum absolute atomic E-state index is 12.1. The molecule has 0 aliphatic carbocycles. The van der Waals surface area contributed by atoms with Gasteiger partial charge >= 0.3 is 0 Å². The maximum Gasteiger partial charge on any atom is 0.154 e. The van der Waals surface area contributed by atoms with Crippen LogP contribution in [0.25, 0.3) is 0 Å². The van der Waals surface area contributed by atoms with E-state index in [-0.39, 0.29) is 5.78 Å². The van der Waals surface area contributed by atoms with Gasteiger partial charge in [0.05, 0.1) is 12.7 Å². The van der Waals surface area contributed by atoms with Crippen LogP contribution in [0, 0.1) is 17.2 Å². The van der Waals surface area contributed by atoms with Gasteiger partial charge < -0.3 is 4.74 Å². The normalized spacial score (nSPS) is 13.4. The SMILES string of the molecule is CCOc1ccc(C(C#N)C(=O)CC(C)CC)cc1. The minimum Gasteiger partial charge on any atom is -0.494 e. The van der Waals surface area contributed by atoms with Gasteiger partial charge in [-0.05, 0) is 30.5 Å². The summed E-state index contributed by atoms with van der Waals surface area (Å²) < 4.78 is 5.35. The Hall–Kier alpha value is -1.82. The van der Waals surface area contributed by atoms with Gasteiger partial charge in [0.15, 0.2) is 5.78 Å². The Morgan fingerprint density at radius 1 is 1.32 bits per heavy atom. The summed E-state index contributed by atoms with van der Waals surface area (Å²) in [5.41, 5.74) is 0.749. The monoisotopic (exact) mass is 259 g/mol. The summed E-state index contributed by atoms with van der Waals surface area (Å²) in [5.74, 6) is 0.425. The van der Waals surface area contributed by atoms with Crippen molar-refractivity contribution in [1.29, 1.82) is 5.26 Å². The predicted octanol–water partition coefficient (Wildman–Crippen LogP) is 3.70. The van der Waals surface area contributed by atoms with Crippen LogP contribution in [-0.2, 0) is 4.79 Å². The zero-order valence-corrected chi connectivity index (χ0v) is 11.8. The lowest BCUT2D eigenvalue weighted by Gasteiger charge is -2.12. The molecule has 0 fully saturated rings. The number of carbonyl (C=O) groups excluding carboxylic acids is 1. The van der Waals surface area contributed by atoms with Crippen molar-refractivity contribution in [3.8, 4) is 11.8 Å². The molecule has 0 saturated heterocycles. The average Bonchev–Trinajstić information content (AvgIpc) is 2.41. The van der Waals surface area contributed by atoms with Crippen LogP contribution < -0.4 is 4.74 Å². The Labute approximate surface area is 115 Å². The van der Waals surface area contributed by atoms with Crippen LogP contribution in [0.15, 0.2) is 24.3 Å². The molecule has 2 atom stereocenters. The fourth-order valence-corrected chi connectivity index (χ4v) is 1.86. The Balaban J connectivity index is 2.80. The number of nitrogens with zero attached hydrogens (tertiary/aromatic N) is 1. The smallest absolute Gasteiger partial charge is 0.154 e. The first kappa shape index (κ1) is 15.2. The second-order valence-electron chi connectivity index (χ2n) is 4.75. The number of hydrogen-bond acceptors (Lipinski definition) is 3. The number of Topliss-reactive ketones (excluding diaryl/α,β-unsaturated/α-hetero) is 1. The third-order valence-corrected chi connectivity index (χ3v) is 3.22. The molecule has 0 bridgehead atoms. The second-order valence-corrected chi connectivity index (χ2v) is 4.75. The third-order valence-electron chi connectivity index (χ3n) is 3.22. The number of benzene rings is 1. The first-order chi connectivity index (χ1) is 9.12. The van der Waals surface area contributed by atoms with Crippen molar-refractivity contribution in [2.75, 3.05) is 6.61 Å². The fraction of sp³-hybridized carbons (Fsp3) is 0.500. The lowest BCUT2D eigenvalue weighted by molar-refractivity contribution is -0.120. The van der Waals surface area contributed by atoms with Gasteiger partial charge in [-0.15, -0.1) is 0 Å². The predicted molar refractivity (Wildman–Crippen MR) is 75.0 cm³/mol. The van der Waals surface area contributed by atoms with Crippen LogP contribution >= 0.6 is 0 Å². The lowest BCUT2D eigenvalue weighted by atomic mass is 9.90. The highest BCUT2D eigenvalue weighted by molar-refractivity contribution is 5.88. The van der Waals surface area contributed by atoms with E-state index in [1.165, 1.54) is 0 Å². The van der Waals surface area contributed by atoms with E-state index in [1.807, 2.05) is 13.8 Å². The van der Waals surface area contributed by atoms with E-state index in [9.17, 15) is 10.1 Å². The van der Waals surface area contributed by atoms with E-state index in [4.69, 9.17) is 4.74 Å². The number of carbonyl (C=O) groups is 1. The van der Waals surface area contributed by atoms with E-state index in [0.717, 1.165) is 17.7 Å². The molecule has 1 rings (SSSR count). The minimum atomic E-state index is -0.662. The number of hydrogen-bond donors (Lipinski definition) is 0. The highest BCUT2D eigenvalue weighted by Gasteiger charge is 2.21. The quantitative estimate of drug-likeness (QED) is 0.750. The highest BCUT2D eigenvalue weighted by atomic mass is 16.5. The van der Waals surface area contributed by atoms with E-state index in [0.29, 0.717) is 18.9 Å². The molecule has 0 heterocycles. The Morgan fingerprint density at radius 3 is 2.42 bits per heavy atom. The van der Waals surface area contributed by atoms with Gasteiger partial charge in [0.1, 0.15) is 11.7 Å². The van der Waals surface area contributed by atoms with Crippen molar-refractivity contribution in [2.24, 2.45) is 5.92 Å². The van der Waals surface area contributed by atoms with E-state index in [1.54, 1.807) is 24.3 Å². The molecule has 0 amide bonds. The largest absolute Gasteiger partial charge is 0.494 e. The van der Waals surface area contributed by atoms with Crippen molar-refractivity contribution < 1.29 is 9.53 Å². The molecule has 102 valence electrons.